The average molecular weight is 209 g/mol. The van der Waals surface area contributed by atoms with E-state index >= 15 is 0 Å². The quantitative estimate of drug-likeness (QED) is 0.680. The van der Waals surface area contributed by atoms with Crippen molar-refractivity contribution in [2.24, 2.45) is 0 Å². The first kappa shape index (κ1) is 8.91. The summed E-state index contributed by atoms with van der Waals surface area (Å²) in [6.07, 6.45) is 6.27. The van der Waals surface area contributed by atoms with Crippen LogP contribution in [0.5, 0.6) is 0 Å². The van der Waals surface area contributed by atoms with Gasteiger partial charge in [-0.25, -0.2) is 4.98 Å². The van der Waals surface area contributed by atoms with E-state index in [1.807, 2.05) is 36.5 Å². The van der Waals surface area contributed by atoms with E-state index in [9.17, 15) is 0 Å². The fourth-order valence-electron chi connectivity index (χ4n) is 1.66. The van der Waals surface area contributed by atoms with Gasteiger partial charge in [-0.1, -0.05) is 30.3 Å². The molecule has 0 saturated heterocycles. The van der Waals surface area contributed by atoms with Crippen LogP contribution in [0.2, 0.25) is 0 Å². The number of nitrogens with one attached hydrogen (secondary N) is 2. The number of benzene rings is 1. The maximum Gasteiger partial charge on any atom is 0.159 e. The maximum atomic E-state index is 4.20. The number of rotatable bonds is 2. The van der Waals surface area contributed by atoms with E-state index in [4.69, 9.17) is 0 Å². The van der Waals surface area contributed by atoms with Crippen LogP contribution in [0, 0.1) is 6.20 Å². The second-order valence-electron chi connectivity index (χ2n) is 3.39. The van der Waals surface area contributed by atoms with Crippen molar-refractivity contribution in [1.29, 1.82) is 0 Å². The third-order valence-electron chi connectivity index (χ3n) is 2.40. The first-order valence-corrected chi connectivity index (χ1v) is 4.96. The second kappa shape index (κ2) is 3.66. The first-order chi connectivity index (χ1) is 7.95. The van der Waals surface area contributed by atoms with Crippen LogP contribution >= 0.6 is 0 Å². The number of nitrogens with zero attached hydrogens (tertiary/aromatic N) is 2. The summed E-state index contributed by atoms with van der Waals surface area (Å²) in [6.45, 7) is 0. The zero-order valence-corrected chi connectivity index (χ0v) is 8.44. The van der Waals surface area contributed by atoms with E-state index in [0.717, 1.165) is 22.6 Å². The van der Waals surface area contributed by atoms with Crippen molar-refractivity contribution in [3.8, 4) is 22.6 Å². The normalized spacial score (nSPS) is 10.5. The number of imidazole rings is 1. The van der Waals surface area contributed by atoms with Crippen LogP contribution < -0.4 is 0 Å². The minimum absolute atomic E-state index is 0.722. The molecule has 0 unspecified atom stereocenters. The largest absolute Gasteiger partial charge is 0.343 e. The average Bonchev–Trinajstić information content (AvgIpc) is 3.01. The van der Waals surface area contributed by atoms with E-state index in [1.54, 1.807) is 6.20 Å². The summed E-state index contributed by atoms with van der Waals surface area (Å²) in [6, 6.07) is 10.1. The van der Waals surface area contributed by atoms with Gasteiger partial charge in [-0.05, 0) is 5.56 Å². The lowest BCUT2D eigenvalue weighted by Crippen LogP contribution is -1.84. The Balaban J connectivity index is 2.14. The van der Waals surface area contributed by atoms with Crippen LogP contribution in [-0.4, -0.2) is 20.2 Å². The van der Waals surface area contributed by atoms with E-state index in [2.05, 4.69) is 26.4 Å². The standard InChI is InChI=1S/C12H9N4/c1-2-4-9(5-3-1)10-8-15-16-11(10)12-13-6-7-14-12/h1-6,8H,(H,13,14)(H,15,16). The SMILES string of the molecule is [c]1c[nH]c(-c2n[nH]cc2-c2ccccc2)n1. The van der Waals surface area contributed by atoms with Gasteiger partial charge in [0.15, 0.2) is 5.82 Å². The highest BCUT2D eigenvalue weighted by Crippen LogP contribution is 2.27. The highest BCUT2D eigenvalue weighted by molar-refractivity contribution is 5.77. The minimum Gasteiger partial charge on any atom is -0.343 e. The Bertz CT molecular complexity index is 566. The van der Waals surface area contributed by atoms with Crippen molar-refractivity contribution in [3.05, 3.63) is 48.9 Å². The van der Waals surface area contributed by atoms with Gasteiger partial charge in [0.1, 0.15) is 11.9 Å². The molecule has 77 valence electrons. The Kier molecular flexibility index (Phi) is 2.04. The fourth-order valence-corrected chi connectivity index (χ4v) is 1.66. The molecule has 1 aromatic carbocycles. The van der Waals surface area contributed by atoms with Gasteiger partial charge >= 0.3 is 0 Å². The summed E-state index contributed by atoms with van der Waals surface area (Å²) in [5, 5.41) is 7.06. The lowest BCUT2D eigenvalue weighted by Gasteiger charge is -1.99. The zero-order valence-electron chi connectivity index (χ0n) is 8.44. The van der Waals surface area contributed by atoms with Crippen LogP contribution in [-0.2, 0) is 0 Å². The smallest absolute Gasteiger partial charge is 0.159 e. The molecular weight excluding hydrogens is 200 g/mol. The fraction of sp³-hybridized carbons (Fsp3) is 0. The van der Waals surface area contributed by atoms with Gasteiger partial charge in [-0.15, -0.1) is 0 Å². The summed E-state index contributed by atoms with van der Waals surface area (Å²) in [5.74, 6) is 0.722. The van der Waals surface area contributed by atoms with Crippen molar-refractivity contribution in [2.75, 3.05) is 0 Å². The maximum absolute atomic E-state index is 4.20. The Labute approximate surface area is 92.4 Å². The molecule has 4 heteroatoms. The molecule has 2 N–H and O–H groups in total. The Morgan fingerprint density at radius 1 is 1.12 bits per heavy atom. The van der Waals surface area contributed by atoms with Crippen molar-refractivity contribution in [3.63, 3.8) is 0 Å². The molecular formula is C12H9N4. The third-order valence-corrected chi connectivity index (χ3v) is 2.40. The van der Waals surface area contributed by atoms with E-state index in [1.165, 1.54) is 0 Å². The molecule has 0 aliphatic heterocycles. The summed E-state index contributed by atoms with van der Waals surface area (Å²) in [7, 11) is 0. The van der Waals surface area contributed by atoms with Gasteiger partial charge < -0.3 is 4.98 Å². The van der Waals surface area contributed by atoms with Crippen LogP contribution in [0.3, 0.4) is 0 Å². The lowest BCUT2D eigenvalue weighted by molar-refractivity contribution is 1.08. The van der Waals surface area contributed by atoms with Gasteiger partial charge in [0.05, 0.1) is 0 Å². The molecule has 1 radical (unpaired) electrons. The van der Waals surface area contributed by atoms with Crippen LogP contribution in [0.4, 0.5) is 0 Å². The highest BCUT2D eigenvalue weighted by Gasteiger charge is 2.11. The van der Waals surface area contributed by atoms with Gasteiger partial charge in [0.2, 0.25) is 0 Å². The summed E-state index contributed by atoms with van der Waals surface area (Å²) < 4.78 is 0. The van der Waals surface area contributed by atoms with Gasteiger partial charge in [0.25, 0.3) is 0 Å². The topological polar surface area (TPSA) is 57.4 Å². The van der Waals surface area contributed by atoms with Crippen molar-refractivity contribution < 1.29 is 0 Å². The lowest BCUT2D eigenvalue weighted by atomic mass is 10.1. The molecule has 0 aliphatic carbocycles. The Morgan fingerprint density at radius 3 is 2.75 bits per heavy atom. The predicted octanol–water partition coefficient (Wildman–Crippen LogP) is 2.27. The van der Waals surface area contributed by atoms with E-state index in [-0.39, 0.29) is 0 Å². The van der Waals surface area contributed by atoms with Crippen LogP contribution in [0.15, 0.2) is 42.7 Å². The summed E-state index contributed by atoms with van der Waals surface area (Å²) >= 11 is 0. The molecule has 0 bridgehead atoms. The van der Waals surface area contributed by atoms with Crippen LogP contribution in [0.25, 0.3) is 22.6 Å². The van der Waals surface area contributed by atoms with Crippen LogP contribution in [0.1, 0.15) is 0 Å². The molecule has 4 nitrogen and oxygen atoms in total. The highest BCUT2D eigenvalue weighted by atomic mass is 15.1. The minimum atomic E-state index is 0.722. The predicted molar refractivity (Wildman–Crippen MR) is 60.4 cm³/mol. The first-order valence-electron chi connectivity index (χ1n) is 4.96. The van der Waals surface area contributed by atoms with E-state index in [0.29, 0.717) is 0 Å². The molecule has 0 fully saturated rings. The monoisotopic (exact) mass is 209 g/mol. The zero-order chi connectivity index (χ0) is 10.8. The van der Waals surface area contributed by atoms with Crippen molar-refractivity contribution in [1.82, 2.24) is 20.2 Å². The third kappa shape index (κ3) is 1.40. The molecule has 0 aliphatic rings. The Morgan fingerprint density at radius 2 is 2.00 bits per heavy atom. The van der Waals surface area contributed by atoms with Gasteiger partial charge in [0, 0.05) is 18.0 Å². The molecule has 2 aromatic heterocycles. The summed E-state index contributed by atoms with van der Waals surface area (Å²) in [4.78, 5) is 7.08. The summed E-state index contributed by atoms with van der Waals surface area (Å²) in [5.41, 5.74) is 2.96. The second-order valence-corrected chi connectivity index (χ2v) is 3.39. The molecule has 3 aromatic rings. The number of hydrogen-bond donors (Lipinski definition) is 2. The van der Waals surface area contributed by atoms with Crippen molar-refractivity contribution >= 4 is 0 Å². The Hall–Kier alpha value is -2.36. The van der Waals surface area contributed by atoms with E-state index < -0.39 is 0 Å². The number of H-pyrrole nitrogens is 2. The van der Waals surface area contributed by atoms with Gasteiger partial charge in [-0.2, -0.15) is 5.10 Å². The van der Waals surface area contributed by atoms with Crippen molar-refractivity contribution in [2.45, 2.75) is 0 Å². The molecule has 3 rings (SSSR count). The number of aromatic nitrogens is 4. The molecule has 0 atom stereocenters. The molecule has 16 heavy (non-hydrogen) atoms. The molecule has 0 spiro atoms. The molecule has 0 saturated carbocycles. The number of hydrogen-bond acceptors (Lipinski definition) is 2. The molecule has 0 amide bonds. The van der Waals surface area contributed by atoms with Gasteiger partial charge in [-0.3, -0.25) is 5.10 Å². The number of aromatic amines is 2. The molecule has 2 heterocycles.